The van der Waals surface area contributed by atoms with E-state index >= 15 is 0 Å². The fourth-order valence-corrected chi connectivity index (χ4v) is 2.34. The molecule has 2 rings (SSSR count). The van der Waals surface area contributed by atoms with Gasteiger partial charge >= 0.3 is 0 Å². The molecule has 0 spiro atoms. The predicted molar refractivity (Wildman–Crippen MR) is 61.4 cm³/mol. The van der Waals surface area contributed by atoms with Crippen LogP contribution in [0.2, 0.25) is 10.4 Å². The summed E-state index contributed by atoms with van der Waals surface area (Å²) in [6.45, 7) is 0. The van der Waals surface area contributed by atoms with Crippen molar-refractivity contribution in [3.05, 3.63) is 28.8 Å². The lowest BCUT2D eigenvalue weighted by Gasteiger charge is -2.05. The van der Waals surface area contributed by atoms with E-state index in [2.05, 4.69) is 24.9 Å². The second-order valence-corrected chi connectivity index (χ2v) is 5.25. The lowest BCUT2D eigenvalue weighted by atomic mass is 10.6. The molecule has 10 heteroatoms. The number of H-pyrrole nitrogens is 1. The maximum atomic E-state index is 11.8. The van der Waals surface area contributed by atoms with Gasteiger partial charge in [-0.1, -0.05) is 11.6 Å². The molecule has 0 aliphatic rings. The van der Waals surface area contributed by atoms with E-state index in [0.717, 1.165) is 0 Å². The summed E-state index contributed by atoms with van der Waals surface area (Å²) in [5.74, 6) is -0.0235. The number of nitrogens with one attached hydrogen (secondary N) is 2. The van der Waals surface area contributed by atoms with E-state index in [4.69, 9.17) is 23.2 Å². The van der Waals surface area contributed by atoms with Crippen molar-refractivity contribution in [1.29, 1.82) is 0 Å². The zero-order valence-corrected chi connectivity index (χ0v) is 10.4. The van der Waals surface area contributed by atoms with Crippen LogP contribution in [-0.4, -0.2) is 28.6 Å². The third-order valence-corrected chi connectivity index (χ3v) is 3.32. The first kappa shape index (κ1) is 12.1. The summed E-state index contributed by atoms with van der Waals surface area (Å²) in [5, 5.41) is 5.64. The minimum Gasteiger partial charge on any atom is -0.266 e. The van der Waals surface area contributed by atoms with Gasteiger partial charge < -0.3 is 0 Å². The van der Waals surface area contributed by atoms with Crippen LogP contribution in [0.4, 0.5) is 5.82 Å². The molecular weight excluding hydrogens is 289 g/mol. The zero-order chi connectivity index (χ0) is 12.5. The Labute approximate surface area is 106 Å². The van der Waals surface area contributed by atoms with Gasteiger partial charge in [0.2, 0.25) is 5.28 Å². The van der Waals surface area contributed by atoms with Crippen molar-refractivity contribution >= 4 is 39.0 Å². The number of anilines is 1. The third kappa shape index (κ3) is 2.84. The minimum absolute atomic E-state index is 0.0235. The van der Waals surface area contributed by atoms with Gasteiger partial charge in [0.25, 0.3) is 10.0 Å². The lowest BCUT2D eigenvalue weighted by molar-refractivity contribution is 0.597. The molecule has 0 aliphatic heterocycles. The molecule has 0 fully saturated rings. The molecule has 90 valence electrons. The molecule has 0 atom stereocenters. The molecule has 0 bridgehead atoms. The van der Waals surface area contributed by atoms with Crippen LogP contribution in [0.15, 0.2) is 23.4 Å². The Morgan fingerprint density at radius 3 is 2.65 bits per heavy atom. The van der Waals surface area contributed by atoms with E-state index in [1.807, 2.05) is 0 Å². The molecule has 17 heavy (non-hydrogen) atoms. The Morgan fingerprint density at radius 2 is 2.06 bits per heavy atom. The standard InChI is InChI=1S/C7H5Cl2N5O2S/c8-4-3-5(12-7(9)11-4)14-17(15,16)6-1-2-10-13-6/h1-3H,(H,10,13)(H,11,12,14). The zero-order valence-electron chi connectivity index (χ0n) is 8.05. The average molecular weight is 294 g/mol. The smallest absolute Gasteiger partial charge is 0.266 e. The normalized spacial score (nSPS) is 11.4. The molecule has 0 unspecified atom stereocenters. The van der Waals surface area contributed by atoms with Gasteiger partial charge in [-0.2, -0.15) is 18.5 Å². The summed E-state index contributed by atoms with van der Waals surface area (Å²) >= 11 is 11.2. The van der Waals surface area contributed by atoms with Crippen molar-refractivity contribution in [3.63, 3.8) is 0 Å². The van der Waals surface area contributed by atoms with E-state index in [-0.39, 0.29) is 21.3 Å². The molecule has 0 aliphatic carbocycles. The average Bonchev–Trinajstić information content (AvgIpc) is 2.67. The number of aromatic amines is 1. The van der Waals surface area contributed by atoms with Crippen molar-refractivity contribution in [2.75, 3.05) is 4.72 Å². The SMILES string of the molecule is O=S(=O)(Nc1cc(Cl)nc(Cl)n1)c1ccn[nH]1. The summed E-state index contributed by atoms with van der Waals surface area (Å²) in [5.41, 5.74) is 0. The predicted octanol–water partition coefficient (Wildman–Crippen LogP) is 1.31. The largest absolute Gasteiger partial charge is 0.279 e. The van der Waals surface area contributed by atoms with Crippen LogP contribution < -0.4 is 4.72 Å². The van der Waals surface area contributed by atoms with Gasteiger partial charge in [0, 0.05) is 6.07 Å². The Morgan fingerprint density at radius 1 is 1.29 bits per heavy atom. The van der Waals surface area contributed by atoms with E-state index in [9.17, 15) is 8.42 Å². The number of nitrogens with zero attached hydrogens (tertiary/aromatic N) is 3. The molecule has 7 nitrogen and oxygen atoms in total. The van der Waals surface area contributed by atoms with Crippen molar-refractivity contribution < 1.29 is 8.42 Å². The van der Waals surface area contributed by atoms with Crippen LogP contribution in [0.25, 0.3) is 0 Å². The van der Waals surface area contributed by atoms with Crippen molar-refractivity contribution in [3.8, 4) is 0 Å². The van der Waals surface area contributed by atoms with Crippen LogP contribution in [0.5, 0.6) is 0 Å². The van der Waals surface area contributed by atoms with E-state index in [0.29, 0.717) is 0 Å². The summed E-state index contributed by atoms with van der Waals surface area (Å²) in [4.78, 5) is 7.27. The first-order valence-corrected chi connectivity index (χ1v) is 6.43. The summed E-state index contributed by atoms with van der Waals surface area (Å²) in [6, 6.07) is 2.54. The number of hydrogen-bond acceptors (Lipinski definition) is 5. The quantitative estimate of drug-likeness (QED) is 0.656. The van der Waals surface area contributed by atoms with Crippen LogP contribution in [0.1, 0.15) is 0 Å². The molecule has 2 aromatic heterocycles. The molecule has 0 saturated heterocycles. The topological polar surface area (TPSA) is 101 Å². The van der Waals surface area contributed by atoms with Crippen molar-refractivity contribution in [2.45, 2.75) is 5.03 Å². The molecule has 2 N–H and O–H groups in total. The van der Waals surface area contributed by atoms with Gasteiger partial charge in [-0.25, -0.2) is 4.98 Å². The first-order chi connectivity index (χ1) is 7.97. The summed E-state index contributed by atoms with van der Waals surface area (Å²) in [7, 11) is -3.78. The lowest BCUT2D eigenvalue weighted by Crippen LogP contribution is -2.14. The van der Waals surface area contributed by atoms with E-state index < -0.39 is 10.0 Å². The van der Waals surface area contributed by atoms with Gasteiger partial charge in [-0.3, -0.25) is 9.82 Å². The first-order valence-electron chi connectivity index (χ1n) is 4.20. The second-order valence-electron chi connectivity index (χ2n) is 2.87. The molecule has 0 saturated carbocycles. The third-order valence-electron chi connectivity index (χ3n) is 1.67. The number of hydrogen-bond donors (Lipinski definition) is 2. The minimum atomic E-state index is -3.78. The summed E-state index contributed by atoms with van der Waals surface area (Å²) < 4.78 is 25.7. The van der Waals surface area contributed by atoms with Gasteiger partial charge in [-0.05, 0) is 17.7 Å². The highest BCUT2D eigenvalue weighted by Gasteiger charge is 2.16. The molecule has 2 heterocycles. The Balaban J connectivity index is 2.33. The van der Waals surface area contributed by atoms with Gasteiger partial charge in [0.05, 0.1) is 6.20 Å². The van der Waals surface area contributed by atoms with E-state index in [1.165, 1.54) is 18.3 Å². The molecule has 2 aromatic rings. The van der Waals surface area contributed by atoms with Gasteiger partial charge in [-0.15, -0.1) is 0 Å². The molecular formula is C7H5Cl2N5O2S. The van der Waals surface area contributed by atoms with Gasteiger partial charge in [0.1, 0.15) is 11.0 Å². The number of rotatable bonds is 3. The van der Waals surface area contributed by atoms with Crippen LogP contribution in [-0.2, 0) is 10.0 Å². The number of halogens is 2. The highest BCUT2D eigenvalue weighted by Crippen LogP contribution is 2.17. The fourth-order valence-electron chi connectivity index (χ4n) is 1.03. The molecule has 0 amide bonds. The monoisotopic (exact) mass is 293 g/mol. The Kier molecular flexibility index (Phi) is 3.18. The maximum Gasteiger partial charge on any atom is 0.279 e. The Bertz CT molecular complexity index is 607. The number of sulfonamides is 1. The van der Waals surface area contributed by atoms with E-state index in [1.54, 1.807) is 0 Å². The van der Waals surface area contributed by atoms with Crippen LogP contribution in [0, 0.1) is 0 Å². The van der Waals surface area contributed by atoms with Crippen molar-refractivity contribution in [2.24, 2.45) is 0 Å². The summed E-state index contributed by atoms with van der Waals surface area (Å²) in [6.07, 6.45) is 1.31. The Hall–Kier alpha value is -1.38. The molecule has 0 radical (unpaired) electrons. The second kappa shape index (κ2) is 4.47. The van der Waals surface area contributed by atoms with Crippen LogP contribution >= 0.6 is 23.2 Å². The fraction of sp³-hybridized carbons (Fsp3) is 0. The van der Waals surface area contributed by atoms with Gasteiger partial charge in [0.15, 0.2) is 5.03 Å². The highest BCUT2D eigenvalue weighted by molar-refractivity contribution is 7.92. The highest BCUT2D eigenvalue weighted by atomic mass is 35.5. The van der Waals surface area contributed by atoms with Crippen molar-refractivity contribution in [1.82, 2.24) is 20.2 Å². The molecule has 0 aromatic carbocycles. The number of aromatic nitrogens is 4. The van der Waals surface area contributed by atoms with Crippen LogP contribution in [0.3, 0.4) is 0 Å². The maximum absolute atomic E-state index is 11.8.